The Labute approximate surface area is 50.2 Å². The second kappa shape index (κ2) is 4.06. The van der Waals surface area contributed by atoms with E-state index in [0.717, 1.165) is 11.3 Å². The molecule has 0 saturated carbocycles. The van der Waals surface area contributed by atoms with Crippen molar-refractivity contribution < 1.29 is 0 Å². The van der Waals surface area contributed by atoms with E-state index in [4.69, 9.17) is 0 Å². The summed E-state index contributed by atoms with van der Waals surface area (Å²) < 4.78 is 0. The monoisotopic (exact) mass is 117 g/mol. The fourth-order valence-electron chi connectivity index (χ4n) is 0.269. The van der Waals surface area contributed by atoms with Crippen molar-refractivity contribution in [1.82, 2.24) is 5.32 Å². The Morgan fingerprint density at radius 2 is 2.43 bits per heavy atom. The van der Waals surface area contributed by atoms with Crippen LogP contribution < -0.4 is 5.32 Å². The van der Waals surface area contributed by atoms with Crippen LogP contribution >= 0.6 is 12.6 Å². The molecule has 2 heteroatoms. The predicted octanol–water partition coefficient (Wildman–Crippen LogP) is 1.39. The highest BCUT2D eigenvalue weighted by Gasteiger charge is 1.77. The fourth-order valence-corrected chi connectivity index (χ4v) is 0.398. The Balaban J connectivity index is 3.29. The lowest BCUT2D eigenvalue weighted by Crippen LogP contribution is -1.92. The van der Waals surface area contributed by atoms with Gasteiger partial charge in [-0.3, -0.25) is 0 Å². The summed E-state index contributed by atoms with van der Waals surface area (Å²) >= 11 is 4.11. The summed E-state index contributed by atoms with van der Waals surface area (Å²) in [6.07, 6.45) is 2.88. The first kappa shape index (κ1) is 6.89. The van der Waals surface area contributed by atoms with Gasteiger partial charge in [-0.25, -0.2) is 0 Å². The second-order valence-corrected chi connectivity index (χ2v) is 1.85. The highest BCUT2D eigenvalue weighted by atomic mass is 32.1. The van der Waals surface area contributed by atoms with Crippen molar-refractivity contribution in [1.29, 1.82) is 0 Å². The largest absolute Gasteiger partial charge is 0.393 e. The number of nitrogens with one attached hydrogen (secondary N) is 1. The molecular formula is C5H11NS. The van der Waals surface area contributed by atoms with E-state index in [1.54, 1.807) is 0 Å². The summed E-state index contributed by atoms with van der Waals surface area (Å²) in [6, 6.07) is 0. The molecular weight excluding hydrogens is 106 g/mol. The van der Waals surface area contributed by atoms with Gasteiger partial charge in [0.25, 0.3) is 0 Å². The quantitative estimate of drug-likeness (QED) is 0.521. The van der Waals surface area contributed by atoms with Crippen molar-refractivity contribution >= 4 is 12.6 Å². The maximum absolute atomic E-state index is 4.11. The van der Waals surface area contributed by atoms with Crippen LogP contribution in [0.15, 0.2) is 11.1 Å². The SMILES string of the molecule is CC/C(S)=C/NC. The summed E-state index contributed by atoms with van der Waals surface area (Å²) in [4.78, 5) is 1.09. The van der Waals surface area contributed by atoms with E-state index in [9.17, 15) is 0 Å². The zero-order valence-corrected chi connectivity index (χ0v) is 5.63. The maximum atomic E-state index is 4.11. The van der Waals surface area contributed by atoms with E-state index in [-0.39, 0.29) is 0 Å². The van der Waals surface area contributed by atoms with Crippen molar-refractivity contribution in [3.8, 4) is 0 Å². The molecule has 1 N–H and O–H groups in total. The van der Waals surface area contributed by atoms with Crippen LogP contribution in [0.1, 0.15) is 13.3 Å². The molecule has 1 nitrogen and oxygen atoms in total. The zero-order valence-electron chi connectivity index (χ0n) is 4.73. The van der Waals surface area contributed by atoms with Crippen molar-refractivity contribution in [2.24, 2.45) is 0 Å². The van der Waals surface area contributed by atoms with E-state index in [2.05, 4.69) is 24.9 Å². The molecule has 0 unspecified atom stereocenters. The zero-order chi connectivity index (χ0) is 5.70. The van der Waals surface area contributed by atoms with Gasteiger partial charge in [0.2, 0.25) is 0 Å². The highest BCUT2D eigenvalue weighted by Crippen LogP contribution is 2.01. The van der Waals surface area contributed by atoms with Crippen LogP contribution in [0.2, 0.25) is 0 Å². The molecule has 0 atom stereocenters. The van der Waals surface area contributed by atoms with Crippen LogP contribution in [0.5, 0.6) is 0 Å². The lowest BCUT2D eigenvalue weighted by molar-refractivity contribution is 1.06. The molecule has 0 aromatic carbocycles. The molecule has 0 aromatic heterocycles. The average Bonchev–Trinajstić information content (AvgIpc) is 1.68. The van der Waals surface area contributed by atoms with Crippen molar-refractivity contribution in [2.45, 2.75) is 13.3 Å². The van der Waals surface area contributed by atoms with Gasteiger partial charge >= 0.3 is 0 Å². The van der Waals surface area contributed by atoms with Crippen LogP contribution in [0.25, 0.3) is 0 Å². The van der Waals surface area contributed by atoms with Crippen LogP contribution in [-0.2, 0) is 0 Å². The number of thiol groups is 1. The Kier molecular flexibility index (Phi) is 4.00. The maximum Gasteiger partial charge on any atom is 0.00555 e. The molecule has 0 aliphatic heterocycles. The number of hydrogen-bond donors (Lipinski definition) is 2. The number of allylic oxidation sites excluding steroid dienone is 1. The highest BCUT2D eigenvalue weighted by molar-refractivity contribution is 7.84. The molecule has 0 amide bonds. The first-order chi connectivity index (χ1) is 3.31. The topological polar surface area (TPSA) is 12.0 Å². The van der Waals surface area contributed by atoms with Gasteiger partial charge in [0, 0.05) is 13.2 Å². The molecule has 0 rings (SSSR count). The van der Waals surface area contributed by atoms with Crippen molar-refractivity contribution in [2.75, 3.05) is 7.05 Å². The molecule has 0 aromatic rings. The Hall–Kier alpha value is -0.110. The smallest absolute Gasteiger partial charge is 0.00555 e. The minimum atomic E-state index is 1.00. The molecule has 42 valence electrons. The van der Waals surface area contributed by atoms with Crippen molar-refractivity contribution in [3.05, 3.63) is 11.1 Å². The van der Waals surface area contributed by atoms with Crippen LogP contribution in [0, 0.1) is 0 Å². The van der Waals surface area contributed by atoms with E-state index in [1.807, 2.05) is 13.2 Å². The molecule has 0 bridgehead atoms. The fraction of sp³-hybridized carbons (Fsp3) is 0.600. The minimum absolute atomic E-state index is 1.00. The molecule has 0 fully saturated rings. The van der Waals surface area contributed by atoms with Crippen LogP contribution in [-0.4, -0.2) is 7.05 Å². The van der Waals surface area contributed by atoms with Gasteiger partial charge in [0.15, 0.2) is 0 Å². The molecule has 7 heavy (non-hydrogen) atoms. The molecule has 0 spiro atoms. The van der Waals surface area contributed by atoms with Gasteiger partial charge in [0.05, 0.1) is 0 Å². The van der Waals surface area contributed by atoms with Crippen LogP contribution in [0.4, 0.5) is 0 Å². The summed E-state index contributed by atoms with van der Waals surface area (Å²) in [5, 5.41) is 2.88. The average molecular weight is 117 g/mol. The third-order valence-corrected chi connectivity index (χ3v) is 1.12. The van der Waals surface area contributed by atoms with E-state index < -0.39 is 0 Å². The Morgan fingerprint density at radius 1 is 1.86 bits per heavy atom. The molecule has 0 heterocycles. The lowest BCUT2D eigenvalue weighted by Gasteiger charge is -1.90. The van der Waals surface area contributed by atoms with Crippen molar-refractivity contribution in [3.63, 3.8) is 0 Å². The first-order valence-corrected chi connectivity index (χ1v) is 2.81. The molecule has 0 radical (unpaired) electrons. The number of rotatable bonds is 2. The third-order valence-electron chi connectivity index (χ3n) is 0.673. The minimum Gasteiger partial charge on any atom is -0.393 e. The van der Waals surface area contributed by atoms with E-state index in [0.29, 0.717) is 0 Å². The summed E-state index contributed by atoms with van der Waals surface area (Å²) in [6.45, 7) is 2.07. The summed E-state index contributed by atoms with van der Waals surface area (Å²) in [7, 11) is 1.87. The summed E-state index contributed by atoms with van der Waals surface area (Å²) in [5.41, 5.74) is 0. The van der Waals surface area contributed by atoms with E-state index >= 15 is 0 Å². The van der Waals surface area contributed by atoms with Gasteiger partial charge in [0.1, 0.15) is 0 Å². The molecule has 0 saturated heterocycles. The Morgan fingerprint density at radius 3 is 2.57 bits per heavy atom. The second-order valence-electron chi connectivity index (χ2n) is 1.28. The van der Waals surface area contributed by atoms with Crippen LogP contribution in [0.3, 0.4) is 0 Å². The summed E-state index contributed by atoms with van der Waals surface area (Å²) in [5.74, 6) is 0. The molecule has 0 aliphatic carbocycles. The third kappa shape index (κ3) is 3.73. The number of hydrogen-bond acceptors (Lipinski definition) is 2. The normalized spacial score (nSPS) is 11.6. The van der Waals surface area contributed by atoms with Gasteiger partial charge in [-0.05, 0) is 11.3 Å². The van der Waals surface area contributed by atoms with Gasteiger partial charge in [-0.1, -0.05) is 6.92 Å². The standard InChI is InChI=1S/C5H11NS/c1-3-5(7)4-6-2/h4,6-7H,3H2,1-2H3/b5-4-. The predicted molar refractivity (Wildman–Crippen MR) is 36.4 cm³/mol. The van der Waals surface area contributed by atoms with E-state index in [1.165, 1.54) is 0 Å². The molecule has 0 aliphatic rings. The Bertz CT molecular complexity index is 68.5. The van der Waals surface area contributed by atoms with Gasteiger partial charge in [-0.2, -0.15) is 0 Å². The lowest BCUT2D eigenvalue weighted by atomic mass is 10.5. The van der Waals surface area contributed by atoms with Gasteiger partial charge in [-0.15, -0.1) is 12.6 Å². The van der Waals surface area contributed by atoms with Gasteiger partial charge < -0.3 is 5.32 Å². The first-order valence-electron chi connectivity index (χ1n) is 2.36.